The molecule has 0 bridgehead atoms. The van der Waals surface area contributed by atoms with Gasteiger partial charge in [-0.25, -0.2) is 9.37 Å². The molecule has 0 saturated heterocycles. The summed E-state index contributed by atoms with van der Waals surface area (Å²) in [5.74, 6) is -0.414. The number of amides is 1. The van der Waals surface area contributed by atoms with Crippen LogP contribution >= 0.6 is 0 Å². The first kappa shape index (κ1) is 15.4. The Morgan fingerprint density at radius 1 is 1.47 bits per heavy atom. The molecule has 2 N–H and O–H groups in total. The number of rotatable bonds is 7. The number of unbranched alkanes of at least 4 members (excludes halogenated alkanes) is 2. The fraction of sp³-hybridized carbons (Fsp3) is 0.571. The number of carbonyl (C=O) groups is 1. The molecule has 106 valence electrons. The highest BCUT2D eigenvalue weighted by Gasteiger charge is 2.15. The first-order chi connectivity index (χ1) is 9.08. The lowest BCUT2D eigenvalue weighted by molar-refractivity contribution is 0.0938. The van der Waals surface area contributed by atoms with E-state index in [0.717, 1.165) is 31.9 Å². The molecule has 1 amide bonds. The largest absolute Gasteiger partial charge is 0.372 e. The van der Waals surface area contributed by atoms with Crippen LogP contribution in [-0.4, -0.2) is 24.0 Å². The maximum absolute atomic E-state index is 13.2. The molecule has 1 rings (SSSR count). The summed E-state index contributed by atoms with van der Waals surface area (Å²) in [4.78, 5) is 15.9. The molecule has 0 fully saturated rings. The van der Waals surface area contributed by atoms with Gasteiger partial charge < -0.3 is 10.6 Å². The molecule has 0 aromatic carbocycles. The first-order valence-electron chi connectivity index (χ1n) is 6.72. The standard InChI is InChI=1S/C14H22FN3O/c1-4-5-6-7-10(2)18-14(19)12-8-11(15)9-17-13(12)16-3/h8-10H,4-7H2,1-3H3,(H,16,17)(H,18,19). The zero-order chi connectivity index (χ0) is 14.3. The lowest BCUT2D eigenvalue weighted by Crippen LogP contribution is -2.33. The molecular weight excluding hydrogens is 245 g/mol. The molecule has 1 heterocycles. The number of aromatic nitrogens is 1. The van der Waals surface area contributed by atoms with Gasteiger partial charge in [-0.3, -0.25) is 4.79 Å². The summed E-state index contributed by atoms with van der Waals surface area (Å²) in [6.45, 7) is 4.10. The molecule has 19 heavy (non-hydrogen) atoms. The molecule has 0 saturated carbocycles. The summed E-state index contributed by atoms with van der Waals surface area (Å²) in [6, 6.07) is 1.28. The SMILES string of the molecule is CCCCCC(C)NC(=O)c1cc(F)cnc1NC. The second-order valence-electron chi connectivity index (χ2n) is 4.67. The van der Waals surface area contributed by atoms with Crippen LogP contribution in [0.2, 0.25) is 0 Å². The van der Waals surface area contributed by atoms with Crippen LogP contribution in [0.3, 0.4) is 0 Å². The lowest BCUT2D eigenvalue weighted by Gasteiger charge is -2.15. The second-order valence-corrected chi connectivity index (χ2v) is 4.67. The molecule has 0 aliphatic rings. The van der Waals surface area contributed by atoms with Gasteiger partial charge in [0.25, 0.3) is 5.91 Å². The van der Waals surface area contributed by atoms with Crippen LogP contribution in [-0.2, 0) is 0 Å². The van der Waals surface area contributed by atoms with Crippen molar-refractivity contribution in [2.24, 2.45) is 0 Å². The van der Waals surface area contributed by atoms with E-state index >= 15 is 0 Å². The van der Waals surface area contributed by atoms with Crippen molar-refractivity contribution in [2.75, 3.05) is 12.4 Å². The summed E-state index contributed by atoms with van der Waals surface area (Å²) < 4.78 is 13.2. The van der Waals surface area contributed by atoms with Crippen LogP contribution in [0.15, 0.2) is 12.3 Å². The average Bonchev–Trinajstić information content (AvgIpc) is 2.39. The maximum Gasteiger partial charge on any atom is 0.255 e. The predicted molar refractivity (Wildman–Crippen MR) is 74.8 cm³/mol. The van der Waals surface area contributed by atoms with Gasteiger partial charge in [-0.05, 0) is 19.4 Å². The van der Waals surface area contributed by atoms with Gasteiger partial charge in [0.2, 0.25) is 0 Å². The topological polar surface area (TPSA) is 54.0 Å². The fourth-order valence-electron chi connectivity index (χ4n) is 1.89. The summed E-state index contributed by atoms with van der Waals surface area (Å²) in [5, 5.41) is 5.66. The third kappa shape index (κ3) is 4.85. The van der Waals surface area contributed by atoms with Crippen molar-refractivity contribution in [3.05, 3.63) is 23.6 Å². The van der Waals surface area contributed by atoms with Gasteiger partial charge in [0.05, 0.1) is 11.8 Å². The van der Waals surface area contributed by atoms with Crippen molar-refractivity contribution in [1.82, 2.24) is 10.3 Å². The van der Waals surface area contributed by atoms with Gasteiger partial charge in [-0.1, -0.05) is 26.2 Å². The Morgan fingerprint density at radius 3 is 2.84 bits per heavy atom. The number of nitrogens with one attached hydrogen (secondary N) is 2. The van der Waals surface area contributed by atoms with E-state index in [1.54, 1.807) is 7.05 Å². The van der Waals surface area contributed by atoms with Gasteiger partial charge in [0.15, 0.2) is 0 Å². The van der Waals surface area contributed by atoms with Crippen LogP contribution in [0.25, 0.3) is 0 Å². The molecule has 0 aliphatic heterocycles. The Labute approximate surface area is 113 Å². The minimum absolute atomic E-state index is 0.0759. The minimum atomic E-state index is -0.511. The predicted octanol–water partition coefficient (Wildman–Crippen LogP) is 2.96. The molecule has 0 aliphatic carbocycles. The van der Waals surface area contributed by atoms with Crippen molar-refractivity contribution in [2.45, 2.75) is 45.6 Å². The Morgan fingerprint density at radius 2 is 2.21 bits per heavy atom. The van der Waals surface area contributed by atoms with Crippen LogP contribution in [0.5, 0.6) is 0 Å². The zero-order valence-corrected chi connectivity index (χ0v) is 11.8. The number of hydrogen-bond donors (Lipinski definition) is 2. The zero-order valence-electron chi connectivity index (χ0n) is 11.8. The lowest BCUT2D eigenvalue weighted by atomic mass is 10.1. The monoisotopic (exact) mass is 267 g/mol. The quantitative estimate of drug-likeness (QED) is 0.747. The first-order valence-corrected chi connectivity index (χ1v) is 6.72. The smallest absolute Gasteiger partial charge is 0.255 e. The van der Waals surface area contributed by atoms with Gasteiger partial charge in [-0.2, -0.15) is 0 Å². The summed E-state index contributed by atoms with van der Waals surface area (Å²) in [5.41, 5.74) is 0.241. The molecule has 4 nitrogen and oxygen atoms in total. The van der Waals surface area contributed by atoms with Crippen molar-refractivity contribution in [3.8, 4) is 0 Å². The summed E-state index contributed by atoms with van der Waals surface area (Å²) in [6.07, 6.45) is 5.41. The van der Waals surface area contributed by atoms with Crippen LogP contribution < -0.4 is 10.6 Å². The molecule has 5 heteroatoms. The Kier molecular flexibility index (Phi) is 6.25. The molecule has 0 radical (unpaired) electrons. The van der Waals surface area contributed by atoms with Crippen molar-refractivity contribution < 1.29 is 9.18 Å². The maximum atomic E-state index is 13.2. The third-order valence-electron chi connectivity index (χ3n) is 2.95. The van der Waals surface area contributed by atoms with E-state index in [-0.39, 0.29) is 17.5 Å². The Bertz CT molecular complexity index is 423. The number of nitrogens with zero attached hydrogens (tertiary/aromatic N) is 1. The van der Waals surface area contributed by atoms with E-state index in [4.69, 9.17) is 0 Å². The van der Waals surface area contributed by atoms with E-state index in [1.807, 2.05) is 6.92 Å². The molecule has 1 unspecified atom stereocenters. The van der Waals surface area contributed by atoms with E-state index in [1.165, 1.54) is 6.07 Å². The van der Waals surface area contributed by atoms with Crippen molar-refractivity contribution >= 4 is 11.7 Å². The van der Waals surface area contributed by atoms with E-state index in [2.05, 4.69) is 22.5 Å². The number of hydrogen-bond acceptors (Lipinski definition) is 3. The van der Waals surface area contributed by atoms with Crippen LogP contribution in [0, 0.1) is 5.82 Å². The number of carbonyl (C=O) groups excluding carboxylic acids is 1. The highest BCUT2D eigenvalue weighted by atomic mass is 19.1. The summed E-state index contributed by atoms with van der Waals surface area (Å²) >= 11 is 0. The number of anilines is 1. The second kappa shape index (κ2) is 7.71. The van der Waals surface area contributed by atoms with Gasteiger partial charge in [0.1, 0.15) is 11.6 Å². The van der Waals surface area contributed by atoms with Crippen LogP contribution in [0.4, 0.5) is 10.2 Å². The van der Waals surface area contributed by atoms with E-state index in [0.29, 0.717) is 5.82 Å². The van der Waals surface area contributed by atoms with Gasteiger partial charge in [-0.15, -0.1) is 0 Å². The van der Waals surface area contributed by atoms with Gasteiger partial charge in [0, 0.05) is 13.1 Å². The van der Waals surface area contributed by atoms with E-state index in [9.17, 15) is 9.18 Å². The van der Waals surface area contributed by atoms with Crippen molar-refractivity contribution in [3.63, 3.8) is 0 Å². The fourth-order valence-corrected chi connectivity index (χ4v) is 1.89. The number of pyridine rings is 1. The molecule has 1 aromatic heterocycles. The molecule has 1 atom stereocenters. The van der Waals surface area contributed by atoms with Gasteiger partial charge >= 0.3 is 0 Å². The highest BCUT2D eigenvalue weighted by molar-refractivity contribution is 5.98. The molecule has 1 aromatic rings. The Hall–Kier alpha value is -1.65. The van der Waals surface area contributed by atoms with E-state index < -0.39 is 5.82 Å². The van der Waals surface area contributed by atoms with Crippen molar-refractivity contribution in [1.29, 1.82) is 0 Å². The highest BCUT2D eigenvalue weighted by Crippen LogP contribution is 2.13. The van der Waals surface area contributed by atoms with Crippen LogP contribution in [0.1, 0.15) is 49.9 Å². The molecular formula is C14H22FN3O. The Balaban J connectivity index is 2.64. The molecule has 0 spiro atoms. The third-order valence-corrected chi connectivity index (χ3v) is 2.95. The summed E-state index contributed by atoms with van der Waals surface area (Å²) in [7, 11) is 1.65. The normalized spacial score (nSPS) is 12.0. The number of halogens is 1. The minimum Gasteiger partial charge on any atom is -0.372 e. The average molecular weight is 267 g/mol.